The topological polar surface area (TPSA) is 52.8 Å². The van der Waals surface area contributed by atoms with Crippen molar-refractivity contribution in [3.8, 4) is 5.75 Å². The van der Waals surface area contributed by atoms with E-state index < -0.39 is 0 Å². The van der Waals surface area contributed by atoms with Gasteiger partial charge in [0.25, 0.3) is 0 Å². The molecule has 7 heteroatoms. The molecule has 2 aromatic carbocycles. The lowest BCUT2D eigenvalue weighted by Crippen LogP contribution is -2.07. The van der Waals surface area contributed by atoms with Gasteiger partial charge in [0.2, 0.25) is 0 Å². The lowest BCUT2D eigenvalue weighted by Gasteiger charge is -2.09. The Morgan fingerprint density at radius 1 is 1.03 bits per heavy atom. The van der Waals surface area contributed by atoms with E-state index in [-0.39, 0.29) is 0 Å². The maximum Gasteiger partial charge on any atom is 0.191 e. The first-order valence-corrected chi connectivity index (χ1v) is 10.5. The average Bonchev–Trinajstić information content (AvgIpc) is 3.13. The van der Waals surface area contributed by atoms with Gasteiger partial charge in [0.15, 0.2) is 11.0 Å². The lowest BCUT2D eigenvalue weighted by atomic mass is 10.2. The summed E-state index contributed by atoms with van der Waals surface area (Å²) in [4.78, 5) is 4.72. The third-order valence-corrected chi connectivity index (χ3v) is 5.54. The third kappa shape index (κ3) is 4.78. The van der Waals surface area contributed by atoms with Crippen molar-refractivity contribution in [1.29, 1.82) is 0 Å². The summed E-state index contributed by atoms with van der Waals surface area (Å²) >= 11 is 7.51. The van der Waals surface area contributed by atoms with Gasteiger partial charge in [-0.25, -0.2) is 0 Å². The zero-order valence-corrected chi connectivity index (χ0v) is 17.2. The zero-order chi connectivity index (χ0) is 20.1. The molecule has 2 heterocycles. The Labute approximate surface area is 178 Å². The minimum Gasteiger partial charge on any atom is -0.486 e. The molecule has 0 radical (unpaired) electrons. The Hall–Kier alpha value is -2.83. The number of hydrogen-bond donors (Lipinski definition) is 0. The first-order chi connectivity index (χ1) is 14.2. The largest absolute Gasteiger partial charge is 0.486 e. The molecule has 146 valence electrons. The fourth-order valence-electron chi connectivity index (χ4n) is 2.85. The van der Waals surface area contributed by atoms with E-state index in [4.69, 9.17) is 21.3 Å². The molecule has 0 amide bonds. The molecule has 0 aliphatic carbocycles. The van der Waals surface area contributed by atoms with Crippen molar-refractivity contribution in [2.75, 3.05) is 0 Å². The molecule has 0 fully saturated rings. The number of allylic oxidation sites excluding steroid dienone is 1. The second kappa shape index (κ2) is 9.11. The van der Waals surface area contributed by atoms with Crippen LogP contribution in [0.25, 0.3) is 10.9 Å². The van der Waals surface area contributed by atoms with Gasteiger partial charge in [-0.05, 0) is 36.4 Å². The summed E-state index contributed by atoms with van der Waals surface area (Å²) in [5.74, 6) is 2.18. The number of hydrogen-bond acceptors (Lipinski definition) is 5. The summed E-state index contributed by atoms with van der Waals surface area (Å²) < 4.78 is 7.83. The molecule has 0 saturated heterocycles. The number of benzene rings is 2. The number of aromatic nitrogens is 4. The predicted molar refractivity (Wildman–Crippen MR) is 117 cm³/mol. The summed E-state index contributed by atoms with van der Waals surface area (Å²) in [6.45, 7) is 4.77. The van der Waals surface area contributed by atoms with E-state index in [9.17, 15) is 0 Å². The molecule has 0 aliphatic heterocycles. The zero-order valence-electron chi connectivity index (χ0n) is 15.7. The highest BCUT2D eigenvalue weighted by atomic mass is 35.5. The van der Waals surface area contributed by atoms with Crippen LogP contribution in [0, 0.1) is 0 Å². The Morgan fingerprint density at radius 3 is 2.69 bits per heavy atom. The first-order valence-electron chi connectivity index (χ1n) is 9.12. The molecule has 0 saturated carbocycles. The van der Waals surface area contributed by atoms with Gasteiger partial charge in [0.05, 0.1) is 11.2 Å². The molecular weight excluding hydrogens is 404 g/mol. The Bertz CT molecular complexity index is 1130. The number of halogens is 1. The fourth-order valence-corrected chi connectivity index (χ4v) is 3.85. The molecule has 4 aromatic rings. The van der Waals surface area contributed by atoms with Crippen molar-refractivity contribution in [2.24, 2.45) is 0 Å². The van der Waals surface area contributed by atoms with Crippen LogP contribution in [0.1, 0.15) is 11.5 Å². The normalized spacial score (nSPS) is 10.9. The van der Waals surface area contributed by atoms with Gasteiger partial charge in [-0.1, -0.05) is 53.7 Å². The highest BCUT2D eigenvalue weighted by molar-refractivity contribution is 7.98. The van der Waals surface area contributed by atoms with Crippen molar-refractivity contribution < 1.29 is 4.74 Å². The monoisotopic (exact) mass is 422 g/mol. The number of fused-ring (bicyclic) bond motifs is 1. The molecule has 0 spiro atoms. The summed E-state index contributed by atoms with van der Waals surface area (Å²) in [7, 11) is 0. The van der Waals surface area contributed by atoms with E-state index >= 15 is 0 Å². The molecule has 0 unspecified atom stereocenters. The van der Waals surface area contributed by atoms with Crippen LogP contribution >= 0.6 is 23.4 Å². The van der Waals surface area contributed by atoms with E-state index in [1.54, 1.807) is 23.9 Å². The van der Waals surface area contributed by atoms with E-state index in [0.717, 1.165) is 33.3 Å². The van der Waals surface area contributed by atoms with Gasteiger partial charge >= 0.3 is 0 Å². The van der Waals surface area contributed by atoms with Crippen molar-refractivity contribution in [2.45, 2.75) is 24.1 Å². The molecule has 29 heavy (non-hydrogen) atoms. The van der Waals surface area contributed by atoms with E-state index in [2.05, 4.69) is 28.9 Å². The second-order valence-corrected chi connectivity index (χ2v) is 7.70. The third-order valence-electron chi connectivity index (χ3n) is 4.29. The highest BCUT2D eigenvalue weighted by Crippen LogP contribution is 2.24. The Kier molecular flexibility index (Phi) is 6.12. The van der Waals surface area contributed by atoms with Gasteiger partial charge in [0.1, 0.15) is 12.4 Å². The molecule has 0 N–H and O–H groups in total. The molecule has 0 aliphatic rings. The van der Waals surface area contributed by atoms with Crippen LogP contribution in [0.4, 0.5) is 0 Å². The number of ether oxygens (including phenoxy) is 1. The van der Waals surface area contributed by atoms with Crippen LogP contribution in [0.3, 0.4) is 0 Å². The standard InChI is InChI=1S/C22H19ClN4OS/c1-2-13-27-21(14-28-19-11-8-17(23)9-12-19)25-26-22(27)29-15-18-10-7-16-5-3-4-6-20(16)24-18/h2-12H,1,13-15H2. The summed E-state index contributed by atoms with van der Waals surface area (Å²) in [6, 6.07) is 19.5. The average molecular weight is 423 g/mol. The minimum absolute atomic E-state index is 0.317. The van der Waals surface area contributed by atoms with E-state index in [1.165, 1.54) is 0 Å². The van der Waals surface area contributed by atoms with Crippen LogP contribution in [-0.4, -0.2) is 19.7 Å². The van der Waals surface area contributed by atoms with Crippen LogP contribution in [0.15, 0.2) is 78.5 Å². The number of thioether (sulfide) groups is 1. The maximum absolute atomic E-state index is 5.92. The number of pyridine rings is 1. The number of nitrogens with zero attached hydrogens (tertiary/aromatic N) is 4. The summed E-state index contributed by atoms with van der Waals surface area (Å²) in [6.07, 6.45) is 1.83. The first kappa shape index (κ1) is 19.5. The smallest absolute Gasteiger partial charge is 0.191 e. The molecular formula is C22H19ClN4OS. The number of rotatable bonds is 8. The molecule has 2 aromatic heterocycles. The van der Waals surface area contributed by atoms with Crippen LogP contribution in [0.5, 0.6) is 5.75 Å². The molecule has 0 atom stereocenters. The second-order valence-electron chi connectivity index (χ2n) is 6.32. The quantitative estimate of drug-likeness (QED) is 0.276. The SMILES string of the molecule is C=CCn1c(COc2ccc(Cl)cc2)nnc1SCc1ccc2ccccc2n1. The summed E-state index contributed by atoms with van der Waals surface area (Å²) in [5, 5.41) is 11.3. The van der Waals surface area contributed by atoms with Crippen molar-refractivity contribution in [1.82, 2.24) is 19.7 Å². The van der Waals surface area contributed by atoms with E-state index in [1.807, 2.05) is 47.0 Å². The maximum atomic E-state index is 5.92. The van der Waals surface area contributed by atoms with Crippen molar-refractivity contribution >= 4 is 34.3 Å². The van der Waals surface area contributed by atoms with Gasteiger partial charge < -0.3 is 4.74 Å². The minimum atomic E-state index is 0.317. The fraction of sp³-hybridized carbons (Fsp3) is 0.136. The van der Waals surface area contributed by atoms with Gasteiger partial charge in [-0.3, -0.25) is 9.55 Å². The van der Waals surface area contributed by atoms with Crippen LogP contribution < -0.4 is 4.74 Å². The molecule has 5 nitrogen and oxygen atoms in total. The van der Waals surface area contributed by atoms with Gasteiger partial charge in [-0.15, -0.1) is 16.8 Å². The Morgan fingerprint density at radius 2 is 1.86 bits per heavy atom. The Balaban J connectivity index is 1.46. The van der Waals surface area contributed by atoms with Crippen molar-refractivity contribution in [3.63, 3.8) is 0 Å². The van der Waals surface area contributed by atoms with Crippen LogP contribution in [0.2, 0.25) is 5.02 Å². The highest BCUT2D eigenvalue weighted by Gasteiger charge is 2.13. The van der Waals surface area contributed by atoms with Gasteiger partial charge in [0, 0.05) is 22.7 Å². The van der Waals surface area contributed by atoms with Gasteiger partial charge in [-0.2, -0.15) is 0 Å². The molecule has 0 bridgehead atoms. The number of para-hydroxylation sites is 1. The van der Waals surface area contributed by atoms with Crippen molar-refractivity contribution in [3.05, 3.63) is 89.9 Å². The predicted octanol–water partition coefficient (Wildman–Crippen LogP) is 5.54. The summed E-state index contributed by atoms with van der Waals surface area (Å²) in [5.41, 5.74) is 2.00. The molecule has 4 rings (SSSR count). The lowest BCUT2D eigenvalue weighted by molar-refractivity contribution is 0.289. The van der Waals surface area contributed by atoms with Crippen LogP contribution in [-0.2, 0) is 18.9 Å². The van der Waals surface area contributed by atoms with E-state index in [0.29, 0.717) is 23.9 Å².